The van der Waals surface area contributed by atoms with Gasteiger partial charge in [0.1, 0.15) is 6.61 Å². The van der Waals surface area contributed by atoms with Crippen molar-refractivity contribution in [2.75, 3.05) is 6.61 Å². The van der Waals surface area contributed by atoms with Gasteiger partial charge in [0.2, 0.25) is 0 Å². The van der Waals surface area contributed by atoms with E-state index in [0.29, 0.717) is 6.42 Å². The topological polar surface area (TPSA) is 27.7 Å². The molecule has 0 N–H and O–H groups in total. The standard InChI is InChI=1S/C11H15F8O3P/c1-6-4-8(2,3)22-23(21-6)20-5-9(14,15)11(18,19)10(16,17)7(12)13/h6-7H,4-5H2,1-3H3. The van der Waals surface area contributed by atoms with E-state index in [1.165, 1.54) is 0 Å². The minimum Gasteiger partial charge on any atom is -0.309 e. The van der Waals surface area contributed by atoms with Crippen molar-refractivity contribution in [3.8, 4) is 0 Å². The molecule has 0 aromatic rings. The zero-order valence-corrected chi connectivity index (χ0v) is 13.2. The van der Waals surface area contributed by atoms with E-state index >= 15 is 0 Å². The minimum atomic E-state index is -6.31. The normalized spacial score (nSPS) is 26.6. The average Bonchev–Trinajstić information content (AvgIpc) is 2.33. The third kappa shape index (κ3) is 4.43. The van der Waals surface area contributed by atoms with Crippen molar-refractivity contribution in [3.63, 3.8) is 0 Å². The van der Waals surface area contributed by atoms with E-state index in [2.05, 4.69) is 4.52 Å². The molecule has 0 spiro atoms. The predicted molar refractivity (Wildman–Crippen MR) is 64.0 cm³/mol. The Labute approximate surface area is 128 Å². The summed E-state index contributed by atoms with van der Waals surface area (Å²) in [6.07, 6.45) is -5.12. The number of halogens is 8. The smallest absolute Gasteiger partial charge is 0.309 e. The molecule has 0 aromatic carbocycles. The van der Waals surface area contributed by atoms with Crippen LogP contribution >= 0.6 is 8.60 Å². The van der Waals surface area contributed by atoms with Crippen molar-refractivity contribution in [2.45, 2.75) is 63.1 Å². The fourth-order valence-corrected chi connectivity index (χ4v) is 3.07. The summed E-state index contributed by atoms with van der Waals surface area (Å²) in [5.41, 5.74) is -0.867. The maximum atomic E-state index is 13.3. The number of hydrogen-bond acceptors (Lipinski definition) is 3. The molecule has 0 bridgehead atoms. The molecule has 0 amide bonds. The molecule has 12 heteroatoms. The SMILES string of the molecule is CC1CC(C)(C)OP(OCC(F)(F)C(F)(F)C(F)(F)C(F)F)O1. The van der Waals surface area contributed by atoms with Crippen molar-refractivity contribution in [1.29, 1.82) is 0 Å². The van der Waals surface area contributed by atoms with Crippen LogP contribution in [-0.4, -0.2) is 42.5 Å². The van der Waals surface area contributed by atoms with E-state index in [4.69, 9.17) is 9.05 Å². The maximum absolute atomic E-state index is 13.3. The lowest BCUT2D eigenvalue weighted by Crippen LogP contribution is -2.59. The largest absolute Gasteiger partial charge is 0.380 e. The number of rotatable bonds is 6. The van der Waals surface area contributed by atoms with Gasteiger partial charge in [-0.05, 0) is 20.8 Å². The van der Waals surface area contributed by atoms with Crippen LogP contribution in [0, 0.1) is 0 Å². The molecule has 1 aliphatic rings. The van der Waals surface area contributed by atoms with Crippen LogP contribution < -0.4 is 0 Å². The minimum absolute atomic E-state index is 0.352. The summed E-state index contributed by atoms with van der Waals surface area (Å²) >= 11 is 0. The lowest BCUT2D eigenvalue weighted by Gasteiger charge is -2.38. The molecule has 1 aliphatic heterocycles. The molecule has 2 atom stereocenters. The first kappa shape index (κ1) is 20.8. The zero-order chi connectivity index (χ0) is 18.3. The van der Waals surface area contributed by atoms with Crippen molar-refractivity contribution >= 4 is 8.60 Å². The Morgan fingerprint density at radius 3 is 2.13 bits per heavy atom. The van der Waals surface area contributed by atoms with Gasteiger partial charge in [0.25, 0.3) is 0 Å². The molecule has 1 heterocycles. The van der Waals surface area contributed by atoms with Gasteiger partial charge in [-0.2, -0.15) is 26.3 Å². The fraction of sp³-hybridized carbons (Fsp3) is 1.00. The summed E-state index contributed by atoms with van der Waals surface area (Å²) in [6, 6.07) is 0. The highest BCUT2D eigenvalue weighted by atomic mass is 31.2. The Hall–Kier alpha value is -0.250. The number of hydrogen-bond donors (Lipinski definition) is 0. The molecular weight excluding hydrogens is 363 g/mol. The third-order valence-electron chi connectivity index (χ3n) is 2.87. The molecule has 1 fully saturated rings. The third-order valence-corrected chi connectivity index (χ3v) is 4.39. The van der Waals surface area contributed by atoms with Gasteiger partial charge in [0.15, 0.2) is 0 Å². The first-order valence-corrected chi connectivity index (χ1v) is 7.42. The van der Waals surface area contributed by atoms with Crippen LogP contribution in [0.25, 0.3) is 0 Å². The Morgan fingerprint density at radius 2 is 1.70 bits per heavy atom. The molecule has 0 aromatic heterocycles. The first-order chi connectivity index (χ1) is 10.1. The quantitative estimate of drug-likeness (QED) is 0.481. The zero-order valence-electron chi connectivity index (χ0n) is 12.3. The van der Waals surface area contributed by atoms with E-state index in [1.54, 1.807) is 20.8 Å². The van der Waals surface area contributed by atoms with Gasteiger partial charge in [-0.3, -0.25) is 0 Å². The molecule has 3 nitrogen and oxygen atoms in total. The highest BCUT2D eigenvalue weighted by Gasteiger charge is 2.75. The second-order valence-electron chi connectivity index (χ2n) is 5.67. The van der Waals surface area contributed by atoms with E-state index < -0.39 is 51.1 Å². The molecule has 138 valence electrons. The summed E-state index contributed by atoms with van der Waals surface area (Å²) in [5, 5.41) is 0. The number of alkyl halides is 8. The van der Waals surface area contributed by atoms with Crippen LogP contribution in [0.5, 0.6) is 0 Å². The Balaban J connectivity index is 2.79. The van der Waals surface area contributed by atoms with Gasteiger partial charge in [-0.15, -0.1) is 0 Å². The van der Waals surface area contributed by atoms with Crippen LogP contribution in [0.1, 0.15) is 27.2 Å². The average molecular weight is 378 g/mol. The van der Waals surface area contributed by atoms with E-state index in [-0.39, 0.29) is 0 Å². The van der Waals surface area contributed by atoms with Crippen LogP contribution in [0.4, 0.5) is 35.1 Å². The summed E-state index contributed by atoms with van der Waals surface area (Å²) in [5.74, 6) is -18.1. The summed E-state index contributed by atoms with van der Waals surface area (Å²) in [4.78, 5) is 0. The molecule has 23 heavy (non-hydrogen) atoms. The molecular formula is C11H15F8O3P. The molecule has 0 saturated carbocycles. The van der Waals surface area contributed by atoms with Crippen LogP contribution in [0.3, 0.4) is 0 Å². The Morgan fingerprint density at radius 1 is 1.17 bits per heavy atom. The van der Waals surface area contributed by atoms with Gasteiger partial charge in [0.05, 0.1) is 11.7 Å². The Kier molecular flexibility index (Phi) is 5.94. The van der Waals surface area contributed by atoms with Gasteiger partial charge in [0, 0.05) is 6.42 Å². The maximum Gasteiger partial charge on any atom is 0.380 e. The van der Waals surface area contributed by atoms with E-state index in [1.807, 2.05) is 0 Å². The monoisotopic (exact) mass is 378 g/mol. The van der Waals surface area contributed by atoms with Gasteiger partial charge >= 0.3 is 32.8 Å². The molecule has 0 radical (unpaired) electrons. The molecule has 1 saturated heterocycles. The second-order valence-corrected chi connectivity index (χ2v) is 6.77. The fourth-order valence-electron chi connectivity index (χ4n) is 1.80. The van der Waals surface area contributed by atoms with Gasteiger partial charge in [-0.25, -0.2) is 8.78 Å². The van der Waals surface area contributed by atoms with E-state index in [9.17, 15) is 35.1 Å². The highest BCUT2D eigenvalue weighted by Crippen LogP contribution is 2.54. The van der Waals surface area contributed by atoms with Gasteiger partial charge in [-0.1, -0.05) is 0 Å². The van der Waals surface area contributed by atoms with Crippen molar-refractivity contribution in [1.82, 2.24) is 0 Å². The molecule has 2 unspecified atom stereocenters. The van der Waals surface area contributed by atoms with Crippen LogP contribution in [0.2, 0.25) is 0 Å². The Bertz CT molecular complexity index is 418. The van der Waals surface area contributed by atoms with Crippen LogP contribution in [0.15, 0.2) is 0 Å². The van der Waals surface area contributed by atoms with Crippen molar-refractivity contribution in [3.05, 3.63) is 0 Å². The predicted octanol–water partition coefficient (Wildman–Crippen LogP) is 5.00. The first-order valence-electron chi connectivity index (χ1n) is 6.33. The van der Waals surface area contributed by atoms with E-state index in [0.717, 1.165) is 0 Å². The summed E-state index contributed by atoms with van der Waals surface area (Å²) in [6.45, 7) is 2.41. The highest BCUT2D eigenvalue weighted by molar-refractivity contribution is 7.41. The summed E-state index contributed by atoms with van der Waals surface area (Å²) in [7, 11) is -2.51. The second kappa shape index (κ2) is 6.57. The van der Waals surface area contributed by atoms with Crippen molar-refractivity contribution in [2.24, 2.45) is 0 Å². The van der Waals surface area contributed by atoms with Crippen molar-refractivity contribution < 1.29 is 48.7 Å². The lowest BCUT2D eigenvalue weighted by molar-refractivity contribution is -0.342. The molecule has 1 rings (SSSR count). The summed E-state index contributed by atoms with van der Waals surface area (Å²) < 4.78 is 116. The van der Waals surface area contributed by atoms with Gasteiger partial charge < -0.3 is 13.6 Å². The molecule has 0 aliphatic carbocycles. The van der Waals surface area contributed by atoms with Crippen LogP contribution in [-0.2, 0) is 13.6 Å². The lowest BCUT2D eigenvalue weighted by atomic mass is 10.0.